The van der Waals surface area contributed by atoms with Crippen molar-refractivity contribution in [2.24, 2.45) is 0 Å². The van der Waals surface area contributed by atoms with Gasteiger partial charge in [0.2, 0.25) is 5.91 Å². The number of carbonyl (C=O) groups is 1. The monoisotopic (exact) mass is 920 g/mol. The maximum absolute atomic E-state index is 12.8. The highest BCUT2D eigenvalue weighted by atomic mass is 31.2. The molecule has 0 aromatic heterocycles. The van der Waals surface area contributed by atoms with E-state index in [1.807, 2.05) is 27.2 Å². The fraction of sp³-hybridized carbons (Fsp3) is 0.800. The standard InChI is InChI=1S/C55H103N2O6P/c1-6-8-10-12-14-15-16-17-18-19-20-21-22-23-24-25-26-27-28-29-30-31-32-33-34-35-36-37-38-39-40-41-43-45-47-49-55(59)56-53(54(58)48-46-44-42-13-11-9-7-2)52-63-64(60,61)62-51-50-57(3,4)5/h11,13,16-17,19-20,22-23,46,48,53-54,58H,6-10,12,14-15,18,21,24-45,47,49-52H2,1-5H3,(H-,56,59,60,61)/p+1/b13-11+,17-16-,20-19-,23-22-,48-46+. The molecular formula is C55H104N2O6P+. The number of phosphoric ester groups is 1. The minimum Gasteiger partial charge on any atom is -0.387 e. The molecule has 0 saturated heterocycles. The molecule has 0 heterocycles. The number of unbranched alkanes of at least 4 members (excludes halogenated alkanes) is 27. The number of nitrogens with zero attached hydrogens (tertiary/aromatic N) is 1. The van der Waals surface area contributed by atoms with Gasteiger partial charge in [0.05, 0.1) is 39.9 Å². The zero-order valence-corrected chi connectivity index (χ0v) is 43.4. The summed E-state index contributed by atoms with van der Waals surface area (Å²) in [6, 6.07) is -0.860. The molecule has 0 aromatic rings. The first-order valence-electron chi connectivity index (χ1n) is 26.7. The number of allylic oxidation sites excluding steroid dienone is 9. The third kappa shape index (κ3) is 48.1. The van der Waals surface area contributed by atoms with Crippen molar-refractivity contribution >= 4 is 13.7 Å². The van der Waals surface area contributed by atoms with Crippen LogP contribution in [0, 0.1) is 0 Å². The van der Waals surface area contributed by atoms with Crippen LogP contribution >= 0.6 is 7.82 Å². The van der Waals surface area contributed by atoms with Crippen molar-refractivity contribution in [3.63, 3.8) is 0 Å². The van der Waals surface area contributed by atoms with Crippen LogP contribution in [0.2, 0.25) is 0 Å². The lowest BCUT2D eigenvalue weighted by Gasteiger charge is -2.25. The molecule has 0 fully saturated rings. The maximum atomic E-state index is 12.8. The number of aliphatic hydroxyl groups excluding tert-OH is 1. The summed E-state index contributed by atoms with van der Waals surface area (Å²) in [5.74, 6) is -0.191. The van der Waals surface area contributed by atoms with Crippen molar-refractivity contribution in [3.8, 4) is 0 Å². The predicted molar refractivity (Wildman–Crippen MR) is 277 cm³/mol. The van der Waals surface area contributed by atoms with Gasteiger partial charge in [0.15, 0.2) is 0 Å². The van der Waals surface area contributed by atoms with Crippen LogP contribution in [-0.4, -0.2) is 73.4 Å². The second kappa shape index (κ2) is 46.3. The van der Waals surface area contributed by atoms with Crippen LogP contribution in [0.5, 0.6) is 0 Å². The average Bonchev–Trinajstić information content (AvgIpc) is 3.25. The van der Waals surface area contributed by atoms with Crippen LogP contribution in [0.3, 0.4) is 0 Å². The summed E-state index contributed by atoms with van der Waals surface area (Å²) in [5, 5.41) is 13.7. The Morgan fingerprint density at radius 2 is 0.938 bits per heavy atom. The lowest BCUT2D eigenvalue weighted by Crippen LogP contribution is -2.45. The molecule has 0 saturated carbocycles. The van der Waals surface area contributed by atoms with Gasteiger partial charge in [0.1, 0.15) is 13.2 Å². The second-order valence-corrected chi connectivity index (χ2v) is 20.7. The normalized spacial score (nSPS) is 14.5. The zero-order chi connectivity index (χ0) is 47.1. The summed E-state index contributed by atoms with van der Waals surface area (Å²) in [7, 11) is 1.55. The van der Waals surface area contributed by atoms with Gasteiger partial charge >= 0.3 is 7.82 Å². The van der Waals surface area contributed by atoms with Gasteiger partial charge in [-0.25, -0.2) is 4.57 Å². The topological polar surface area (TPSA) is 105 Å². The SMILES string of the molecule is CCC/C=C/CC/C=C/C(O)C(COP(=O)(O)OCC[N+](C)(C)C)NC(=O)CCCCCCCCCCCCCCCCCCCCCC/C=C\C/C=C\C/C=C\CCCCCCC. The molecule has 0 aliphatic rings. The number of likely N-dealkylation sites (N-methyl/N-ethyl adjacent to an activating group) is 1. The molecule has 1 amide bonds. The highest BCUT2D eigenvalue weighted by Gasteiger charge is 2.27. The van der Waals surface area contributed by atoms with Crippen LogP contribution in [0.4, 0.5) is 0 Å². The van der Waals surface area contributed by atoms with E-state index in [1.165, 1.54) is 154 Å². The van der Waals surface area contributed by atoms with Gasteiger partial charge in [-0.05, 0) is 64.2 Å². The Morgan fingerprint density at radius 1 is 0.531 bits per heavy atom. The molecule has 0 spiro atoms. The van der Waals surface area contributed by atoms with E-state index in [-0.39, 0.29) is 19.1 Å². The quantitative estimate of drug-likeness (QED) is 0.0243. The Kier molecular flexibility index (Phi) is 45.0. The molecular weight excluding hydrogens is 816 g/mol. The van der Waals surface area contributed by atoms with Crippen LogP contribution in [0.15, 0.2) is 60.8 Å². The first-order valence-corrected chi connectivity index (χ1v) is 28.2. The number of amides is 1. The van der Waals surface area contributed by atoms with E-state index in [4.69, 9.17) is 9.05 Å². The Labute approximate surface area is 396 Å². The number of aliphatic hydroxyl groups is 1. The second-order valence-electron chi connectivity index (χ2n) is 19.2. The summed E-state index contributed by atoms with van der Waals surface area (Å²) >= 11 is 0. The minimum atomic E-state index is -4.34. The molecule has 0 aliphatic heterocycles. The maximum Gasteiger partial charge on any atom is 0.472 e. The van der Waals surface area contributed by atoms with Crippen molar-refractivity contribution in [3.05, 3.63) is 60.8 Å². The molecule has 0 aliphatic carbocycles. The van der Waals surface area contributed by atoms with Gasteiger partial charge in [-0.3, -0.25) is 13.8 Å². The molecule has 0 aromatic carbocycles. The van der Waals surface area contributed by atoms with E-state index < -0.39 is 20.0 Å². The summed E-state index contributed by atoms with van der Waals surface area (Å²) in [5.41, 5.74) is 0. The van der Waals surface area contributed by atoms with Crippen LogP contribution < -0.4 is 5.32 Å². The van der Waals surface area contributed by atoms with Crippen molar-refractivity contribution in [2.45, 2.75) is 244 Å². The van der Waals surface area contributed by atoms with Gasteiger partial charge in [-0.2, -0.15) is 0 Å². The smallest absolute Gasteiger partial charge is 0.387 e. The number of phosphoric acid groups is 1. The highest BCUT2D eigenvalue weighted by molar-refractivity contribution is 7.47. The van der Waals surface area contributed by atoms with Crippen molar-refractivity contribution in [1.82, 2.24) is 5.32 Å². The Balaban J connectivity index is 3.85. The third-order valence-corrected chi connectivity index (χ3v) is 12.7. The van der Waals surface area contributed by atoms with E-state index in [1.54, 1.807) is 6.08 Å². The van der Waals surface area contributed by atoms with Crippen molar-refractivity contribution < 1.29 is 32.9 Å². The van der Waals surface area contributed by atoms with E-state index in [0.717, 1.165) is 57.8 Å². The van der Waals surface area contributed by atoms with Crippen molar-refractivity contribution in [2.75, 3.05) is 40.9 Å². The Bertz CT molecular complexity index is 1230. The number of carbonyl (C=O) groups excluding carboxylic acids is 1. The molecule has 8 nitrogen and oxygen atoms in total. The fourth-order valence-electron chi connectivity index (χ4n) is 7.48. The number of hydrogen-bond acceptors (Lipinski definition) is 5. The number of quaternary nitrogens is 1. The number of rotatable bonds is 48. The van der Waals surface area contributed by atoms with Gasteiger partial charge in [-0.15, -0.1) is 0 Å². The fourth-order valence-corrected chi connectivity index (χ4v) is 8.22. The Hall–Kier alpha value is -1.80. The first kappa shape index (κ1) is 62.2. The zero-order valence-electron chi connectivity index (χ0n) is 42.5. The minimum absolute atomic E-state index is 0.0550. The van der Waals surface area contributed by atoms with Crippen molar-refractivity contribution in [1.29, 1.82) is 0 Å². The predicted octanol–water partition coefficient (Wildman–Crippen LogP) is 15.8. The molecule has 9 heteroatoms. The lowest BCUT2D eigenvalue weighted by molar-refractivity contribution is -0.870. The van der Waals surface area contributed by atoms with Crippen LogP contribution in [-0.2, 0) is 18.4 Å². The number of hydrogen-bond donors (Lipinski definition) is 3. The summed E-state index contributed by atoms with van der Waals surface area (Å²) in [6.07, 6.45) is 62.3. The van der Waals surface area contributed by atoms with Gasteiger partial charge in [-0.1, -0.05) is 222 Å². The third-order valence-electron chi connectivity index (χ3n) is 11.7. The summed E-state index contributed by atoms with van der Waals surface area (Å²) in [6.45, 7) is 4.67. The van der Waals surface area contributed by atoms with E-state index >= 15 is 0 Å². The molecule has 3 N–H and O–H groups in total. The largest absolute Gasteiger partial charge is 0.472 e. The van der Waals surface area contributed by atoms with Gasteiger partial charge in [0.25, 0.3) is 0 Å². The molecule has 3 unspecified atom stereocenters. The molecule has 0 bridgehead atoms. The molecule has 64 heavy (non-hydrogen) atoms. The van der Waals surface area contributed by atoms with E-state index in [2.05, 4.69) is 67.8 Å². The van der Waals surface area contributed by atoms with Gasteiger partial charge in [0, 0.05) is 6.42 Å². The van der Waals surface area contributed by atoms with Crippen LogP contribution in [0.25, 0.3) is 0 Å². The lowest BCUT2D eigenvalue weighted by atomic mass is 10.0. The van der Waals surface area contributed by atoms with E-state index in [9.17, 15) is 19.4 Å². The highest BCUT2D eigenvalue weighted by Crippen LogP contribution is 2.43. The van der Waals surface area contributed by atoms with Gasteiger partial charge < -0.3 is 19.8 Å². The molecule has 0 radical (unpaired) electrons. The number of nitrogens with one attached hydrogen (secondary N) is 1. The molecule has 3 atom stereocenters. The Morgan fingerprint density at radius 3 is 1.41 bits per heavy atom. The average molecular weight is 920 g/mol. The van der Waals surface area contributed by atoms with Crippen LogP contribution in [0.1, 0.15) is 232 Å². The summed E-state index contributed by atoms with van der Waals surface area (Å²) < 4.78 is 23.5. The molecule has 0 rings (SSSR count). The first-order chi connectivity index (χ1) is 31.0. The molecule has 374 valence electrons. The van der Waals surface area contributed by atoms with E-state index in [0.29, 0.717) is 17.4 Å². The summed E-state index contributed by atoms with van der Waals surface area (Å²) in [4.78, 5) is 23.0.